The largest absolute Gasteiger partial charge is 0.434 e. The maximum absolute atomic E-state index is 13.6. The molecule has 0 bridgehead atoms. The van der Waals surface area contributed by atoms with Crippen molar-refractivity contribution in [3.63, 3.8) is 0 Å². The zero-order valence-corrected chi connectivity index (χ0v) is 18.4. The molecule has 0 aromatic carbocycles. The smallest absolute Gasteiger partial charge is 0.347 e. The maximum atomic E-state index is 13.6. The quantitative estimate of drug-likeness (QED) is 0.121. The van der Waals surface area contributed by atoms with Gasteiger partial charge in [0, 0.05) is 11.7 Å². The van der Waals surface area contributed by atoms with E-state index in [2.05, 4.69) is 15.3 Å². The number of hydrazine groups is 1. The highest BCUT2D eigenvalue weighted by molar-refractivity contribution is 5.96. The monoisotopic (exact) mass is 462 g/mol. The van der Waals surface area contributed by atoms with E-state index >= 15 is 0 Å². The first kappa shape index (κ1) is 27.2. The summed E-state index contributed by atoms with van der Waals surface area (Å²) in [6.45, 7) is 6.31. The molecular weight excluding hydrogens is 433 g/mol. The molecule has 4 N–H and O–H groups in total. The van der Waals surface area contributed by atoms with Crippen molar-refractivity contribution in [2.45, 2.75) is 65.1 Å². The predicted octanol–water partition coefficient (Wildman–Crippen LogP) is 2.27. The second-order valence-corrected chi connectivity index (χ2v) is 8.26. The SMILES string of the molecule is CCCCC[C@H](CN(O)C=O)C(=O)N(N)c1ncc(C(=O)NC(C)(C)C)c(C(F)(F)F)n1. The molecule has 32 heavy (non-hydrogen) atoms. The molecule has 1 rings (SSSR count). The summed E-state index contributed by atoms with van der Waals surface area (Å²) in [5.74, 6) is 2.01. The molecule has 0 spiro atoms. The number of nitrogens with one attached hydrogen (secondary N) is 1. The van der Waals surface area contributed by atoms with Crippen LogP contribution in [0.1, 0.15) is 69.4 Å². The van der Waals surface area contributed by atoms with Gasteiger partial charge in [0.05, 0.1) is 18.0 Å². The highest BCUT2D eigenvalue weighted by Gasteiger charge is 2.39. The normalized spacial score (nSPS) is 12.8. The minimum absolute atomic E-state index is 0.0991. The summed E-state index contributed by atoms with van der Waals surface area (Å²) in [4.78, 5) is 42.8. The summed E-state index contributed by atoms with van der Waals surface area (Å²) in [5, 5.41) is 12.4. The number of hydrogen-bond donors (Lipinski definition) is 3. The molecule has 1 aromatic heterocycles. The highest BCUT2D eigenvalue weighted by Crippen LogP contribution is 2.31. The molecule has 180 valence electrons. The van der Waals surface area contributed by atoms with E-state index < -0.39 is 53.2 Å². The van der Waals surface area contributed by atoms with Crippen LogP contribution in [0.15, 0.2) is 6.20 Å². The summed E-state index contributed by atoms with van der Waals surface area (Å²) < 4.78 is 40.7. The number of aromatic nitrogens is 2. The summed E-state index contributed by atoms with van der Waals surface area (Å²) in [6.07, 6.45) is -1.90. The number of unbranched alkanes of at least 4 members (excludes halogenated alkanes) is 2. The van der Waals surface area contributed by atoms with Crippen LogP contribution in [-0.4, -0.2) is 50.5 Å². The van der Waals surface area contributed by atoms with Gasteiger partial charge in [0.2, 0.25) is 18.3 Å². The van der Waals surface area contributed by atoms with Crippen molar-refractivity contribution in [1.82, 2.24) is 20.3 Å². The van der Waals surface area contributed by atoms with Crippen molar-refractivity contribution in [2.75, 3.05) is 11.6 Å². The number of nitrogens with two attached hydrogens (primary N) is 1. The van der Waals surface area contributed by atoms with Crippen LogP contribution < -0.4 is 16.2 Å². The van der Waals surface area contributed by atoms with E-state index in [1.807, 2.05) is 6.92 Å². The standard InChI is InChI=1S/C19H29F3N6O4/c1-5-6-7-8-12(10-27(32)11-29)16(31)28(23)17-24-9-13(14(25-17)19(20,21)22)15(30)26-18(2,3)4/h9,11-12,32H,5-8,10,23H2,1-4H3,(H,26,30)/t12-/m1/s1. The lowest BCUT2D eigenvalue weighted by Gasteiger charge is -2.25. The van der Waals surface area contributed by atoms with E-state index in [1.54, 1.807) is 20.8 Å². The van der Waals surface area contributed by atoms with Gasteiger partial charge in [-0.3, -0.25) is 19.6 Å². The molecule has 1 aromatic rings. The number of alkyl halides is 3. The van der Waals surface area contributed by atoms with Gasteiger partial charge in [0.1, 0.15) is 0 Å². The highest BCUT2D eigenvalue weighted by atomic mass is 19.4. The van der Waals surface area contributed by atoms with E-state index in [4.69, 9.17) is 5.84 Å². The fourth-order valence-electron chi connectivity index (χ4n) is 2.78. The summed E-state index contributed by atoms with van der Waals surface area (Å²) in [6, 6.07) is 0. The first-order valence-electron chi connectivity index (χ1n) is 9.97. The lowest BCUT2D eigenvalue weighted by Crippen LogP contribution is -2.46. The lowest BCUT2D eigenvalue weighted by atomic mass is 10.00. The first-order valence-corrected chi connectivity index (χ1v) is 9.97. The van der Waals surface area contributed by atoms with Crippen molar-refractivity contribution < 1.29 is 32.8 Å². The third-order valence-corrected chi connectivity index (χ3v) is 4.27. The summed E-state index contributed by atoms with van der Waals surface area (Å²) in [5.41, 5.74) is -3.18. The number of hydroxylamine groups is 2. The Labute approximate surface area is 183 Å². The third-order valence-electron chi connectivity index (χ3n) is 4.27. The number of halogens is 3. The van der Waals surface area contributed by atoms with Crippen LogP contribution in [0.5, 0.6) is 0 Å². The Morgan fingerprint density at radius 3 is 2.41 bits per heavy atom. The Morgan fingerprint density at radius 1 is 1.28 bits per heavy atom. The lowest BCUT2D eigenvalue weighted by molar-refractivity contribution is -0.154. The van der Waals surface area contributed by atoms with E-state index in [0.717, 1.165) is 12.8 Å². The minimum Gasteiger partial charge on any atom is -0.347 e. The zero-order chi connectivity index (χ0) is 24.7. The van der Waals surface area contributed by atoms with E-state index in [0.29, 0.717) is 17.6 Å². The Morgan fingerprint density at radius 2 is 1.91 bits per heavy atom. The van der Waals surface area contributed by atoms with E-state index in [-0.39, 0.29) is 17.9 Å². The number of anilines is 1. The molecule has 0 aliphatic heterocycles. The second-order valence-electron chi connectivity index (χ2n) is 8.26. The van der Waals surface area contributed by atoms with Gasteiger partial charge in [-0.15, -0.1) is 0 Å². The Bertz CT molecular complexity index is 813. The molecule has 0 aliphatic rings. The molecule has 0 saturated carbocycles. The fourth-order valence-corrected chi connectivity index (χ4v) is 2.78. The van der Waals surface area contributed by atoms with Crippen LogP contribution in [-0.2, 0) is 15.8 Å². The summed E-state index contributed by atoms with van der Waals surface area (Å²) >= 11 is 0. The van der Waals surface area contributed by atoms with E-state index in [9.17, 15) is 32.8 Å². The number of carbonyl (C=O) groups is 3. The van der Waals surface area contributed by atoms with Gasteiger partial charge >= 0.3 is 6.18 Å². The predicted molar refractivity (Wildman–Crippen MR) is 108 cm³/mol. The molecule has 0 aliphatic carbocycles. The Kier molecular flexibility index (Phi) is 9.51. The van der Waals surface area contributed by atoms with Gasteiger partial charge in [-0.2, -0.15) is 13.2 Å². The number of nitrogens with zero attached hydrogens (tertiary/aromatic N) is 4. The van der Waals surface area contributed by atoms with Crippen LogP contribution in [0, 0.1) is 5.92 Å². The molecule has 0 radical (unpaired) electrons. The first-order chi connectivity index (χ1) is 14.7. The third kappa shape index (κ3) is 8.04. The fraction of sp³-hybridized carbons (Fsp3) is 0.632. The Balaban J connectivity index is 3.27. The van der Waals surface area contributed by atoms with Crippen molar-refractivity contribution in [3.05, 3.63) is 17.5 Å². The molecule has 1 heterocycles. The van der Waals surface area contributed by atoms with Gasteiger partial charge in [0.25, 0.3) is 5.91 Å². The van der Waals surface area contributed by atoms with Crippen LogP contribution in [0.25, 0.3) is 0 Å². The van der Waals surface area contributed by atoms with Crippen LogP contribution >= 0.6 is 0 Å². The summed E-state index contributed by atoms with van der Waals surface area (Å²) in [7, 11) is 0. The topological polar surface area (TPSA) is 142 Å². The molecule has 0 unspecified atom stereocenters. The maximum Gasteiger partial charge on any atom is 0.434 e. The van der Waals surface area contributed by atoms with Gasteiger partial charge in [-0.05, 0) is 27.2 Å². The van der Waals surface area contributed by atoms with Crippen LogP contribution in [0.4, 0.5) is 19.1 Å². The van der Waals surface area contributed by atoms with Crippen molar-refractivity contribution >= 4 is 24.2 Å². The van der Waals surface area contributed by atoms with Crippen molar-refractivity contribution in [1.29, 1.82) is 0 Å². The molecule has 1 atom stereocenters. The van der Waals surface area contributed by atoms with Crippen LogP contribution in [0.2, 0.25) is 0 Å². The molecule has 0 saturated heterocycles. The van der Waals surface area contributed by atoms with Gasteiger partial charge < -0.3 is 5.32 Å². The van der Waals surface area contributed by atoms with E-state index in [1.165, 1.54) is 0 Å². The Hall–Kier alpha value is -2.80. The number of rotatable bonds is 10. The number of amides is 3. The average Bonchev–Trinajstić information content (AvgIpc) is 2.69. The number of carbonyl (C=O) groups excluding carboxylic acids is 3. The molecule has 10 nitrogen and oxygen atoms in total. The molecule has 0 fully saturated rings. The molecule has 13 heteroatoms. The van der Waals surface area contributed by atoms with Gasteiger partial charge in [-0.1, -0.05) is 26.2 Å². The van der Waals surface area contributed by atoms with Crippen molar-refractivity contribution in [3.8, 4) is 0 Å². The average molecular weight is 462 g/mol. The second kappa shape index (κ2) is 11.2. The van der Waals surface area contributed by atoms with Gasteiger partial charge in [0.15, 0.2) is 5.69 Å². The zero-order valence-electron chi connectivity index (χ0n) is 18.4. The minimum atomic E-state index is -5.02. The molecule has 3 amide bonds. The van der Waals surface area contributed by atoms with Gasteiger partial charge in [-0.25, -0.2) is 25.9 Å². The molecular formula is C19H29F3N6O4. The van der Waals surface area contributed by atoms with Crippen molar-refractivity contribution in [2.24, 2.45) is 11.8 Å². The van der Waals surface area contributed by atoms with Crippen LogP contribution in [0.3, 0.4) is 0 Å². The number of hydrogen-bond acceptors (Lipinski definition) is 7.